The molecule has 0 aliphatic rings. The Labute approximate surface area is 294 Å². The van der Waals surface area contributed by atoms with Crippen molar-refractivity contribution in [2.24, 2.45) is 0 Å². The summed E-state index contributed by atoms with van der Waals surface area (Å²) in [6.07, 6.45) is 0. The molecule has 0 unspecified atom stereocenters. The number of pyridine rings is 1. The first-order valence-electron chi connectivity index (χ1n) is 16.9. The molecule has 0 amide bonds. The van der Waals surface area contributed by atoms with Crippen LogP contribution in [0.3, 0.4) is 0 Å². The maximum atomic E-state index is 5.25. The van der Waals surface area contributed by atoms with Crippen LogP contribution >= 0.6 is 0 Å². The predicted molar refractivity (Wildman–Crippen MR) is 210 cm³/mol. The number of anilines is 6. The van der Waals surface area contributed by atoms with Gasteiger partial charge in [-0.2, -0.15) is 0 Å². The zero-order chi connectivity index (χ0) is 33.5. The van der Waals surface area contributed by atoms with Gasteiger partial charge in [0.05, 0.1) is 11.4 Å². The van der Waals surface area contributed by atoms with Crippen LogP contribution in [0.25, 0.3) is 33.6 Å². The summed E-state index contributed by atoms with van der Waals surface area (Å²) in [6, 6.07) is 74.3. The average Bonchev–Trinajstić information content (AvgIpc) is 3.20. The van der Waals surface area contributed by atoms with Gasteiger partial charge in [-0.25, -0.2) is 4.98 Å². The smallest absolute Gasteiger partial charge is 0.0715 e. The van der Waals surface area contributed by atoms with Crippen LogP contribution in [0.15, 0.2) is 212 Å². The molecule has 0 aliphatic carbocycles. The summed E-state index contributed by atoms with van der Waals surface area (Å²) in [5, 5.41) is 0. The maximum Gasteiger partial charge on any atom is 0.0715 e. The van der Waals surface area contributed by atoms with Crippen molar-refractivity contribution in [2.75, 3.05) is 9.80 Å². The third kappa shape index (κ3) is 6.53. The van der Waals surface area contributed by atoms with Crippen LogP contribution in [0.4, 0.5) is 34.1 Å². The fraction of sp³-hybridized carbons (Fsp3) is 0. The van der Waals surface area contributed by atoms with E-state index >= 15 is 0 Å². The van der Waals surface area contributed by atoms with Crippen molar-refractivity contribution in [3.8, 4) is 33.6 Å². The summed E-state index contributed by atoms with van der Waals surface area (Å²) in [7, 11) is 0. The molecule has 0 atom stereocenters. The fourth-order valence-corrected chi connectivity index (χ4v) is 6.39. The van der Waals surface area contributed by atoms with Gasteiger partial charge < -0.3 is 9.80 Å². The second-order valence-corrected chi connectivity index (χ2v) is 12.1. The molecule has 8 rings (SSSR count). The van der Waals surface area contributed by atoms with Gasteiger partial charge in [0, 0.05) is 45.3 Å². The Morgan fingerprint density at radius 1 is 0.240 bits per heavy atom. The van der Waals surface area contributed by atoms with E-state index in [0.29, 0.717) is 0 Å². The number of nitrogens with zero attached hydrogens (tertiary/aromatic N) is 3. The second-order valence-electron chi connectivity index (χ2n) is 12.1. The standard InChI is InChI=1S/C47H35N3/c1-6-16-36(17-7-1)39-34-46(37-26-30-44(31-27-37)49(40-18-8-2-9-19-40)41-20-10-3-11-21-41)48-47(35-39)38-28-32-45(33-29-38)50(42-22-12-4-13-23-42)43-24-14-5-15-25-43/h1-35H. The highest BCUT2D eigenvalue weighted by Gasteiger charge is 2.15. The molecular weight excluding hydrogens is 607 g/mol. The monoisotopic (exact) mass is 641 g/mol. The number of rotatable bonds is 9. The van der Waals surface area contributed by atoms with E-state index in [9.17, 15) is 0 Å². The summed E-state index contributed by atoms with van der Waals surface area (Å²) in [4.78, 5) is 9.81. The van der Waals surface area contributed by atoms with Crippen LogP contribution in [0.5, 0.6) is 0 Å². The lowest BCUT2D eigenvalue weighted by Crippen LogP contribution is -2.09. The van der Waals surface area contributed by atoms with Crippen LogP contribution in [0.2, 0.25) is 0 Å². The van der Waals surface area contributed by atoms with E-state index in [0.717, 1.165) is 67.8 Å². The van der Waals surface area contributed by atoms with Gasteiger partial charge >= 0.3 is 0 Å². The molecule has 3 heteroatoms. The van der Waals surface area contributed by atoms with E-state index in [1.54, 1.807) is 0 Å². The van der Waals surface area contributed by atoms with Crippen LogP contribution in [0, 0.1) is 0 Å². The van der Waals surface area contributed by atoms with Crippen molar-refractivity contribution in [3.05, 3.63) is 212 Å². The fourth-order valence-electron chi connectivity index (χ4n) is 6.39. The molecule has 238 valence electrons. The number of aromatic nitrogens is 1. The summed E-state index contributed by atoms with van der Waals surface area (Å²) >= 11 is 0. The Morgan fingerprint density at radius 2 is 0.520 bits per heavy atom. The molecule has 8 aromatic rings. The summed E-state index contributed by atoms with van der Waals surface area (Å²) in [5.41, 5.74) is 12.9. The lowest BCUT2D eigenvalue weighted by atomic mass is 9.99. The molecule has 0 spiro atoms. The number of hydrogen-bond acceptors (Lipinski definition) is 3. The van der Waals surface area contributed by atoms with Crippen molar-refractivity contribution in [1.29, 1.82) is 0 Å². The SMILES string of the molecule is c1ccc(-c2cc(-c3ccc(N(c4ccccc4)c4ccccc4)cc3)nc(-c3ccc(N(c4ccccc4)c4ccccc4)cc3)c2)cc1. The van der Waals surface area contributed by atoms with E-state index < -0.39 is 0 Å². The largest absolute Gasteiger partial charge is 0.311 e. The molecule has 1 heterocycles. The normalized spacial score (nSPS) is 10.8. The van der Waals surface area contributed by atoms with Gasteiger partial charge in [-0.1, -0.05) is 127 Å². The van der Waals surface area contributed by atoms with Gasteiger partial charge in [-0.15, -0.1) is 0 Å². The quantitative estimate of drug-likeness (QED) is 0.156. The molecular formula is C47H35N3. The predicted octanol–water partition coefficient (Wildman–Crippen LogP) is 13.0. The number of hydrogen-bond donors (Lipinski definition) is 0. The Morgan fingerprint density at radius 3 is 0.840 bits per heavy atom. The average molecular weight is 642 g/mol. The van der Waals surface area contributed by atoms with Crippen LogP contribution in [-0.2, 0) is 0 Å². The molecule has 0 saturated carbocycles. The van der Waals surface area contributed by atoms with E-state index in [2.05, 4.69) is 222 Å². The Bertz CT molecular complexity index is 2050. The maximum absolute atomic E-state index is 5.25. The third-order valence-electron chi connectivity index (χ3n) is 8.83. The minimum atomic E-state index is 0.929. The highest BCUT2D eigenvalue weighted by atomic mass is 15.1. The van der Waals surface area contributed by atoms with E-state index in [-0.39, 0.29) is 0 Å². The lowest BCUT2D eigenvalue weighted by Gasteiger charge is -2.25. The van der Waals surface area contributed by atoms with E-state index in [1.165, 1.54) is 0 Å². The van der Waals surface area contributed by atoms with Crippen LogP contribution in [0.1, 0.15) is 0 Å². The van der Waals surface area contributed by atoms with Gasteiger partial charge in [0.1, 0.15) is 0 Å². The summed E-state index contributed by atoms with van der Waals surface area (Å²) in [6.45, 7) is 0. The molecule has 0 aliphatic heterocycles. The lowest BCUT2D eigenvalue weighted by molar-refractivity contribution is 1.27. The molecule has 3 nitrogen and oxygen atoms in total. The number of para-hydroxylation sites is 4. The van der Waals surface area contributed by atoms with Gasteiger partial charge in [0.2, 0.25) is 0 Å². The van der Waals surface area contributed by atoms with Crippen molar-refractivity contribution in [2.45, 2.75) is 0 Å². The molecule has 50 heavy (non-hydrogen) atoms. The summed E-state index contributed by atoms with van der Waals surface area (Å²) in [5.74, 6) is 0. The Balaban J connectivity index is 1.18. The van der Waals surface area contributed by atoms with Gasteiger partial charge in [0.25, 0.3) is 0 Å². The van der Waals surface area contributed by atoms with Crippen molar-refractivity contribution < 1.29 is 0 Å². The second kappa shape index (κ2) is 14.2. The summed E-state index contributed by atoms with van der Waals surface area (Å²) < 4.78 is 0. The third-order valence-corrected chi connectivity index (χ3v) is 8.83. The molecule has 1 aromatic heterocycles. The topological polar surface area (TPSA) is 19.4 Å². The van der Waals surface area contributed by atoms with Crippen molar-refractivity contribution >= 4 is 34.1 Å². The first kappa shape index (κ1) is 30.6. The highest BCUT2D eigenvalue weighted by Crippen LogP contribution is 2.38. The Hall–Kier alpha value is -6.71. The zero-order valence-electron chi connectivity index (χ0n) is 27.5. The minimum Gasteiger partial charge on any atom is -0.311 e. The van der Waals surface area contributed by atoms with Gasteiger partial charge in [-0.05, 0) is 96.1 Å². The highest BCUT2D eigenvalue weighted by molar-refractivity contribution is 5.82. The molecule has 0 radical (unpaired) electrons. The van der Waals surface area contributed by atoms with Gasteiger partial charge in [0.15, 0.2) is 0 Å². The zero-order valence-corrected chi connectivity index (χ0v) is 27.5. The molecule has 0 fully saturated rings. The van der Waals surface area contributed by atoms with Crippen LogP contribution < -0.4 is 9.80 Å². The first-order chi connectivity index (χ1) is 24.8. The van der Waals surface area contributed by atoms with Crippen LogP contribution in [-0.4, -0.2) is 4.98 Å². The van der Waals surface area contributed by atoms with Crippen molar-refractivity contribution in [1.82, 2.24) is 4.98 Å². The van der Waals surface area contributed by atoms with E-state index in [1.807, 2.05) is 0 Å². The van der Waals surface area contributed by atoms with Crippen molar-refractivity contribution in [3.63, 3.8) is 0 Å². The molecule has 0 saturated heterocycles. The molecule has 0 N–H and O–H groups in total. The number of benzene rings is 7. The first-order valence-corrected chi connectivity index (χ1v) is 16.9. The van der Waals surface area contributed by atoms with E-state index in [4.69, 9.17) is 4.98 Å². The minimum absolute atomic E-state index is 0.929. The molecule has 0 bridgehead atoms. The van der Waals surface area contributed by atoms with Gasteiger partial charge in [-0.3, -0.25) is 0 Å². The Kier molecular flexibility index (Phi) is 8.69. The molecule has 7 aromatic carbocycles.